The van der Waals surface area contributed by atoms with Gasteiger partial charge in [-0.2, -0.15) is 4.68 Å². The highest BCUT2D eigenvalue weighted by molar-refractivity contribution is 5.76. The Hall–Kier alpha value is -3.76. The van der Waals surface area contributed by atoms with E-state index in [0.29, 0.717) is 5.56 Å². The van der Waals surface area contributed by atoms with E-state index in [1.165, 1.54) is 17.7 Å². The van der Waals surface area contributed by atoms with Crippen LogP contribution in [0.5, 0.6) is 0 Å². The molecule has 0 amide bonds. The zero-order chi connectivity index (χ0) is 23.7. The third-order valence-corrected chi connectivity index (χ3v) is 6.04. The standard InChI is InChI=1S/C24H23F2N7O/c1-34-21-6-3-11-32(21)14-15-7-9-16(10-8-15)17-12-18(23(27)28-13-17)24-29-30-31-33(24)20-5-2-4-19(25)22(20)26/h2,4-5,7-10,12-13,21H,3,6,11,14H2,1H3,(H2,27,28)/t21-/m0/s1. The monoisotopic (exact) mass is 463 g/mol. The van der Waals surface area contributed by atoms with E-state index >= 15 is 0 Å². The molecule has 1 atom stereocenters. The normalized spacial score (nSPS) is 16.3. The van der Waals surface area contributed by atoms with Gasteiger partial charge in [-0.05, 0) is 52.6 Å². The molecule has 2 N–H and O–H groups in total. The minimum atomic E-state index is -1.05. The third-order valence-electron chi connectivity index (χ3n) is 6.04. The van der Waals surface area contributed by atoms with E-state index in [4.69, 9.17) is 10.5 Å². The van der Waals surface area contributed by atoms with Crippen LogP contribution in [0.2, 0.25) is 0 Å². The molecule has 10 heteroatoms. The summed E-state index contributed by atoms with van der Waals surface area (Å²) in [7, 11) is 1.75. The van der Waals surface area contributed by atoms with Crippen molar-refractivity contribution in [2.45, 2.75) is 25.6 Å². The lowest BCUT2D eigenvalue weighted by Gasteiger charge is -2.23. The molecular weight excluding hydrogens is 440 g/mol. The van der Waals surface area contributed by atoms with Crippen LogP contribution in [0, 0.1) is 11.6 Å². The van der Waals surface area contributed by atoms with E-state index in [9.17, 15) is 8.78 Å². The first-order valence-corrected chi connectivity index (χ1v) is 10.9. The summed E-state index contributed by atoms with van der Waals surface area (Å²) >= 11 is 0. The van der Waals surface area contributed by atoms with E-state index in [1.54, 1.807) is 19.4 Å². The van der Waals surface area contributed by atoms with Gasteiger partial charge in [-0.25, -0.2) is 13.8 Å². The second-order valence-corrected chi connectivity index (χ2v) is 8.14. The number of hydrogen-bond donors (Lipinski definition) is 1. The van der Waals surface area contributed by atoms with Gasteiger partial charge in [0.2, 0.25) is 0 Å². The second kappa shape index (κ2) is 9.24. The number of hydrogen-bond acceptors (Lipinski definition) is 7. The van der Waals surface area contributed by atoms with Crippen molar-refractivity contribution in [3.05, 3.63) is 71.9 Å². The SMILES string of the molecule is CO[C@H]1CCCN1Cc1ccc(-c2cnc(N)c(-c3nnnn3-c3cccc(F)c3F)c2)cc1. The van der Waals surface area contributed by atoms with Gasteiger partial charge in [0.25, 0.3) is 0 Å². The Bertz CT molecular complexity index is 1310. The molecule has 5 rings (SSSR count). The van der Waals surface area contributed by atoms with Crippen molar-refractivity contribution in [2.24, 2.45) is 0 Å². The Balaban J connectivity index is 1.45. The fraction of sp³-hybridized carbons (Fsp3) is 0.250. The molecule has 0 spiro atoms. The average Bonchev–Trinajstić information content (AvgIpc) is 3.51. The van der Waals surface area contributed by atoms with Gasteiger partial charge >= 0.3 is 0 Å². The number of pyridine rings is 1. The largest absolute Gasteiger partial charge is 0.383 e. The van der Waals surface area contributed by atoms with E-state index in [0.717, 1.165) is 47.8 Å². The predicted octanol–water partition coefficient (Wildman–Crippen LogP) is 3.82. The molecule has 1 aliphatic rings. The number of benzene rings is 2. The summed E-state index contributed by atoms with van der Waals surface area (Å²) in [6.45, 7) is 1.84. The molecule has 0 saturated carbocycles. The van der Waals surface area contributed by atoms with Gasteiger partial charge in [-0.3, -0.25) is 4.90 Å². The van der Waals surface area contributed by atoms with Crippen LogP contribution in [-0.4, -0.2) is 50.0 Å². The quantitative estimate of drug-likeness (QED) is 0.464. The Kier molecular flexibility index (Phi) is 5.99. The first kappa shape index (κ1) is 22.1. The first-order chi connectivity index (χ1) is 16.5. The van der Waals surface area contributed by atoms with Crippen molar-refractivity contribution >= 4 is 5.82 Å². The zero-order valence-electron chi connectivity index (χ0n) is 18.5. The van der Waals surface area contributed by atoms with Crippen LogP contribution in [0.25, 0.3) is 28.2 Å². The number of methoxy groups -OCH3 is 1. The lowest BCUT2D eigenvalue weighted by atomic mass is 10.0. The van der Waals surface area contributed by atoms with Crippen molar-refractivity contribution in [1.29, 1.82) is 0 Å². The highest BCUT2D eigenvalue weighted by Crippen LogP contribution is 2.30. The van der Waals surface area contributed by atoms with Crippen molar-refractivity contribution in [3.8, 4) is 28.2 Å². The number of nitrogens with zero attached hydrogens (tertiary/aromatic N) is 6. The fourth-order valence-corrected chi connectivity index (χ4v) is 4.27. The van der Waals surface area contributed by atoms with Crippen molar-refractivity contribution in [2.75, 3.05) is 19.4 Å². The van der Waals surface area contributed by atoms with Gasteiger partial charge in [-0.15, -0.1) is 5.10 Å². The molecule has 2 aromatic carbocycles. The van der Waals surface area contributed by atoms with Gasteiger partial charge < -0.3 is 10.5 Å². The molecule has 34 heavy (non-hydrogen) atoms. The number of nitrogens with two attached hydrogens (primary N) is 1. The topological polar surface area (TPSA) is 95.0 Å². The van der Waals surface area contributed by atoms with Crippen LogP contribution < -0.4 is 5.73 Å². The molecule has 1 fully saturated rings. The smallest absolute Gasteiger partial charge is 0.190 e. The number of rotatable bonds is 6. The minimum Gasteiger partial charge on any atom is -0.383 e. The summed E-state index contributed by atoms with van der Waals surface area (Å²) in [6, 6.07) is 13.8. The molecule has 1 saturated heterocycles. The first-order valence-electron chi connectivity index (χ1n) is 10.9. The highest BCUT2D eigenvalue weighted by atomic mass is 19.2. The molecule has 2 aromatic heterocycles. The number of aromatic nitrogens is 5. The van der Waals surface area contributed by atoms with Crippen LogP contribution in [0.1, 0.15) is 18.4 Å². The van der Waals surface area contributed by atoms with Crippen LogP contribution >= 0.6 is 0 Å². The van der Waals surface area contributed by atoms with Gasteiger partial charge in [0.15, 0.2) is 17.5 Å². The summed E-state index contributed by atoms with van der Waals surface area (Å²) in [5.74, 6) is -1.71. The van der Waals surface area contributed by atoms with Crippen molar-refractivity contribution in [1.82, 2.24) is 30.1 Å². The maximum Gasteiger partial charge on any atom is 0.190 e. The molecule has 4 aromatic rings. The number of anilines is 1. The molecule has 174 valence electrons. The third kappa shape index (κ3) is 4.13. The van der Waals surface area contributed by atoms with Crippen LogP contribution in [-0.2, 0) is 11.3 Å². The van der Waals surface area contributed by atoms with Crippen molar-refractivity contribution in [3.63, 3.8) is 0 Å². The molecule has 0 bridgehead atoms. The molecule has 1 aliphatic heterocycles. The van der Waals surface area contributed by atoms with Crippen LogP contribution in [0.15, 0.2) is 54.7 Å². The van der Waals surface area contributed by atoms with Gasteiger partial charge in [0, 0.05) is 32.0 Å². The Morgan fingerprint density at radius 3 is 2.74 bits per heavy atom. The molecule has 3 heterocycles. The Morgan fingerprint density at radius 1 is 1.12 bits per heavy atom. The predicted molar refractivity (Wildman–Crippen MR) is 123 cm³/mol. The minimum absolute atomic E-state index is 0.120. The molecule has 0 aliphatic carbocycles. The maximum atomic E-state index is 14.4. The van der Waals surface area contributed by atoms with Crippen molar-refractivity contribution < 1.29 is 13.5 Å². The number of likely N-dealkylation sites (tertiary alicyclic amines) is 1. The summed E-state index contributed by atoms with van der Waals surface area (Å²) in [6.07, 6.45) is 4.01. The zero-order valence-corrected chi connectivity index (χ0v) is 18.5. The lowest BCUT2D eigenvalue weighted by molar-refractivity contribution is -0.00814. The molecular formula is C24H23F2N7O. The van der Waals surface area contributed by atoms with E-state index in [1.807, 2.05) is 12.1 Å². The number of ether oxygens (including phenoxy) is 1. The lowest BCUT2D eigenvalue weighted by Crippen LogP contribution is -2.30. The summed E-state index contributed by atoms with van der Waals surface area (Å²) in [4.78, 5) is 6.61. The van der Waals surface area contributed by atoms with Gasteiger partial charge in [-0.1, -0.05) is 30.3 Å². The average molecular weight is 463 g/mol. The van der Waals surface area contributed by atoms with Gasteiger partial charge in [0.05, 0.1) is 5.56 Å². The Labute approximate surface area is 195 Å². The van der Waals surface area contributed by atoms with Gasteiger partial charge in [0.1, 0.15) is 17.7 Å². The Morgan fingerprint density at radius 2 is 1.94 bits per heavy atom. The number of nitrogen functional groups attached to an aromatic ring is 1. The van der Waals surface area contributed by atoms with E-state index in [2.05, 4.69) is 37.5 Å². The summed E-state index contributed by atoms with van der Waals surface area (Å²) in [5, 5.41) is 11.5. The molecule has 0 unspecified atom stereocenters. The summed E-state index contributed by atoms with van der Waals surface area (Å²) < 4.78 is 34.8. The molecule has 8 nitrogen and oxygen atoms in total. The number of halogens is 2. The fourth-order valence-electron chi connectivity index (χ4n) is 4.27. The maximum absolute atomic E-state index is 14.4. The second-order valence-electron chi connectivity index (χ2n) is 8.14. The van der Waals surface area contributed by atoms with E-state index < -0.39 is 11.6 Å². The number of tetrazole rings is 1. The highest BCUT2D eigenvalue weighted by Gasteiger charge is 2.24. The van der Waals surface area contributed by atoms with Crippen LogP contribution in [0.3, 0.4) is 0 Å². The van der Waals surface area contributed by atoms with E-state index in [-0.39, 0.29) is 23.6 Å². The summed E-state index contributed by atoms with van der Waals surface area (Å²) in [5.41, 5.74) is 9.31. The molecule has 0 radical (unpaired) electrons. The van der Waals surface area contributed by atoms with Crippen LogP contribution in [0.4, 0.5) is 14.6 Å².